The molecule has 0 fully saturated rings. The van der Waals surface area contributed by atoms with Crippen LogP contribution in [0.3, 0.4) is 0 Å². The van der Waals surface area contributed by atoms with Crippen LogP contribution in [-0.2, 0) is 9.53 Å². The van der Waals surface area contributed by atoms with Crippen molar-refractivity contribution >= 4 is 24.1 Å². The van der Waals surface area contributed by atoms with Crippen LogP contribution >= 0.6 is 0 Å². The van der Waals surface area contributed by atoms with Crippen LogP contribution < -0.4 is 5.73 Å². The zero-order chi connectivity index (χ0) is 11.3. The van der Waals surface area contributed by atoms with E-state index in [4.69, 9.17) is 11.1 Å². The number of nitrogens with zero attached hydrogens (tertiary/aromatic N) is 1. The van der Waals surface area contributed by atoms with Crippen LogP contribution in [0.25, 0.3) is 6.08 Å². The lowest BCUT2D eigenvalue weighted by molar-refractivity contribution is -0.134. The van der Waals surface area contributed by atoms with Crippen LogP contribution in [0.2, 0.25) is 0 Å². The molecule has 0 saturated heterocycles. The van der Waals surface area contributed by atoms with Gasteiger partial charge in [0.15, 0.2) is 0 Å². The molecule has 1 aromatic rings. The molecule has 0 unspecified atom stereocenters. The van der Waals surface area contributed by atoms with Crippen molar-refractivity contribution in [3.8, 4) is 0 Å². The molecule has 5 nitrogen and oxygen atoms in total. The highest BCUT2D eigenvalue weighted by molar-refractivity contribution is 5.87. The van der Waals surface area contributed by atoms with Gasteiger partial charge < -0.3 is 15.9 Å². The summed E-state index contributed by atoms with van der Waals surface area (Å²) in [5.74, 6) is -0.191. The number of anilines is 1. The summed E-state index contributed by atoms with van der Waals surface area (Å²) in [5, 5.41) is 7.02. The van der Waals surface area contributed by atoms with Gasteiger partial charge >= 0.3 is 5.97 Å². The Morgan fingerprint density at radius 2 is 2.33 bits per heavy atom. The molecule has 1 aromatic heterocycles. The van der Waals surface area contributed by atoms with Crippen LogP contribution in [0.15, 0.2) is 18.2 Å². The van der Waals surface area contributed by atoms with Crippen molar-refractivity contribution < 1.29 is 9.53 Å². The highest BCUT2D eigenvalue weighted by Crippen LogP contribution is 2.08. The van der Waals surface area contributed by atoms with Gasteiger partial charge in [-0.3, -0.25) is 0 Å². The molecule has 0 radical (unpaired) electrons. The van der Waals surface area contributed by atoms with Crippen molar-refractivity contribution in [3.05, 3.63) is 29.5 Å². The second-order valence-corrected chi connectivity index (χ2v) is 2.71. The van der Waals surface area contributed by atoms with E-state index >= 15 is 0 Å². The summed E-state index contributed by atoms with van der Waals surface area (Å²) in [6.45, 7) is 0. The maximum absolute atomic E-state index is 10.8. The van der Waals surface area contributed by atoms with Crippen molar-refractivity contribution in [3.63, 3.8) is 0 Å². The topological polar surface area (TPSA) is 89.1 Å². The average molecular weight is 205 g/mol. The van der Waals surface area contributed by atoms with E-state index in [0.717, 1.165) is 6.21 Å². The van der Waals surface area contributed by atoms with Gasteiger partial charge in [0.2, 0.25) is 0 Å². The average Bonchev–Trinajstić information content (AvgIpc) is 2.26. The van der Waals surface area contributed by atoms with Gasteiger partial charge in [-0.15, -0.1) is 0 Å². The number of hydrogen-bond acceptors (Lipinski definition) is 5. The van der Waals surface area contributed by atoms with E-state index in [0.29, 0.717) is 11.3 Å². The summed E-state index contributed by atoms with van der Waals surface area (Å²) in [5.41, 5.74) is 6.65. The highest BCUT2D eigenvalue weighted by Gasteiger charge is 1.98. The number of methoxy groups -OCH3 is 1. The lowest BCUT2D eigenvalue weighted by Gasteiger charge is -1.99. The number of nitrogen functional groups attached to an aromatic ring is 1. The van der Waals surface area contributed by atoms with Crippen LogP contribution in [-0.4, -0.2) is 24.3 Å². The van der Waals surface area contributed by atoms with Crippen molar-refractivity contribution in [2.45, 2.75) is 0 Å². The van der Waals surface area contributed by atoms with Crippen molar-refractivity contribution in [1.29, 1.82) is 5.41 Å². The lowest BCUT2D eigenvalue weighted by atomic mass is 10.2. The molecule has 0 amide bonds. The van der Waals surface area contributed by atoms with E-state index in [2.05, 4.69) is 9.72 Å². The number of nitrogens with two attached hydrogens (primary N) is 1. The maximum atomic E-state index is 10.8. The van der Waals surface area contributed by atoms with E-state index in [-0.39, 0.29) is 5.82 Å². The fourth-order valence-corrected chi connectivity index (χ4v) is 0.938. The third-order valence-corrected chi connectivity index (χ3v) is 1.73. The van der Waals surface area contributed by atoms with E-state index in [1.54, 1.807) is 12.1 Å². The molecular formula is C10H11N3O2. The second-order valence-electron chi connectivity index (χ2n) is 2.71. The SMILES string of the molecule is COC(=O)/C=C/c1ccc(C=N)c(N)n1. The molecule has 0 saturated carbocycles. The van der Waals surface area contributed by atoms with Gasteiger partial charge in [-0.25, -0.2) is 9.78 Å². The zero-order valence-corrected chi connectivity index (χ0v) is 8.23. The number of esters is 1. The van der Waals surface area contributed by atoms with E-state index < -0.39 is 5.97 Å². The van der Waals surface area contributed by atoms with Gasteiger partial charge in [0.05, 0.1) is 12.8 Å². The summed E-state index contributed by atoms with van der Waals surface area (Å²) in [6.07, 6.45) is 3.87. The lowest BCUT2D eigenvalue weighted by Crippen LogP contribution is -1.98. The largest absolute Gasteiger partial charge is 0.466 e. The van der Waals surface area contributed by atoms with Crippen LogP contribution in [0.5, 0.6) is 0 Å². The summed E-state index contributed by atoms with van der Waals surface area (Å²) < 4.78 is 4.43. The van der Waals surface area contributed by atoms with Gasteiger partial charge in [0.1, 0.15) is 5.82 Å². The number of ether oxygens (including phenoxy) is 1. The maximum Gasteiger partial charge on any atom is 0.330 e. The molecule has 1 rings (SSSR count). The standard InChI is InChI=1S/C10H11N3O2/c1-15-9(14)5-4-8-3-2-7(6-11)10(12)13-8/h2-6,11H,1H3,(H2,12,13)/b5-4+,11-6?. The fourth-order valence-electron chi connectivity index (χ4n) is 0.938. The monoisotopic (exact) mass is 205 g/mol. The molecule has 5 heteroatoms. The molecular weight excluding hydrogens is 194 g/mol. The first-order chi connectivity index (χ1) is 7.17. The molecule has 0 atom stereocenters. The molecule has 15 heavy (non-hydrogen) atoms. The fraction of sp³-hybridized carbons (Fsp3) is 0.100. The second kappa shape index (κ2) is 4.90. The van der Waals surface area contributed by atoms with Gasteiger partial charge in [-0.1, -0.05) is 0 Å². The third kappa shape index (κ3) is 2.91. The smallest absolute Gasteiger partial charge is 0.330 e. The molecule has 1 heterocycles. The normalized spacial score (nSPS) is 10.2. The van der Waals surface area contributed by atoms with Gasteiger partial charge in [0, 0.05) is 17.9 Å². The Hall–Kier alpha value is -2.17. The number of hydrogen-bond donors (Lipinski definition) is 2. The molecule has 0 spiro atoms. The van der Waals surface area contributed by atoms with Crippen molar-refractivity contribution in [1.82, 2.24) is 4.98 Å². The molecule has 0 aliphatic carbocycles. The first kappa shape index (κ1) is 10.9. The highest BCUT2D eigenvalue weighted by atomic mass is 16.5. The van der Waals surface area contributed by atoms with Gasteiger partial charge in [-0.2, -0.15) is 0 Å². The quantitative estimate of drug-likeness (QED) is 0.435. The summed E-state index contributed by atoms with van der Waals surface area (Å²) >= 11 is 0. The number of carbonyl (C=O) groups is 1. The van der Waals surface area contributed by atoms with Gasteiger partial charge in [0.25, 0.3) is 0 Å². The Balaban J connectivity index is 2.88. The molecule has 3 N–H and O–H groups in total. The number of rotatable bonds is 3. The molecule has 78 valence electrons. The first-order valence-electron chi connectivity index (χ1n) is 4.20. The van der Waals surface area contributed by atoms with Crippen LogP contribution in [0, 0.1) is 5.41 Å². The summed E-state index contributed by atoms with van der Waals surface area (Å²) in [6, 6.07) is 3.32. The number of carbonyl (C=O) groups excluding carboxylic acids is 1. The summed E-state index contributed by atoms with van der Waals surface area (Å²) in [7, 11) is 1.30. The van der Waals surface area contributed by atoms with Crippen LogP contribution in [0.1, 0.15) is 11.3 Å². The Morgan fingerprint density at radius 1 is 1.60 bits per heavy atom. The zero-order valence-electron chi connectivity index (χ0n) is 8.23. The summed E-state index contributed by atoms with van der Waals surface area (Å²) in [4.78, 5) is 14.8. The predicted octanol–water partition coefficient (Wildman–Crippen LogP) is 0.848. The molecule has 0 bridgehead atoms. The minimum atomic E-state index is -0.452. The molecule has 0 aliphatic rings. The molecule has 0 aromatic carbocycles. The van der Waals surface area contributed by atoms with Gasteiger partial charge in [-0.05, 0) is 18.2 Å². The van der Waals surface area contributed by atoms with E-state index in [1.165, 1.54) is 19.3 Å². The van der Waals surface area contributed by atoms with Crippen LogP contribution in [0.4, 0.5) is 5.82 Å². The number of aromatic nitrogens is 1. The van der Waals surface area contributed by atoms with E-state index in [1.807, 2.05) is 0 Å². The minimum absolute atomic E-state index is 0.261. The Bertz CT molecular complexity index is 413. The van der Waals surface area contributed by atoms with Crippen molar-refractivity contribution in [2.75, 3.05) is 12.8 Å². The minimum Gasteiger partial charge on any atom is -0.466 e. The third-order valence-electron chi connectivity index (χ3n) is 1.73. The number of pyridine rings is 1. The first-order valence-corrected chi connectivity index (χ1v) is 4.20. The Labute approximate surface area is 87.1 Å². The van der Waals surface area contributed by atoms with Crippen molar-refractivity contribution in [2.24, 2.45) is 0 Å². The Kier molecular flexibility index (Phi) is 3.56. The predicted molar refractivity (Wildman–Crippen MR) is 57.6 cm³/mol. The van der Waals surface area contributed by atoms with E-state index in [9.17, 15) is 4.79 Å². The number of nitrogens with one attached hydrogen (secondary N) is 1. The molecule has 0 aliphatic heterocycles. The Morgan fingerprint density at radius 3 is 2.87 bits per heavy atom.